The predicted octanol–water partition coefficient (Wildman–Crippen LogP) is 3.22. The Hall–Kier alpha value is -3.06. The third-order valence-electron chi connectivity index (χ3n) is 4.87. The molecule has 0 radical (unpaired) electrons. The number of rotatable bonds is 6. The minimum absolute atomic E-state index is 0.127. The molecule has 0 aromatic heterocycles. The fourth-order valence-corrected chi connectivity index (χ4v) is 3.20. The summed E-state index contributed by atoms with van der Waals surface area (Å²) < 4.78 is 10.2. The lowest BCUT2D eigenvalue weighted by molar-refractivity contribution is 0.0526. The molecule has 1 N–H and O–H groups in total. The Morgan fingerprint density at radius 1 is 0.966 bits per heavy atom. The van der Waals surface area contributed by atoms with E-state index < -0.39 is 0 Å². The zero-order valence-electron chi connectivity index (χ0n) is 16.9. The van der Waals surface area contributed by atoms with E-state index in [1.807, 2.05) is 17.0 Å². The van der Waals surface area contributed by atoms with E-state index in [1.165, 1.54) is 5.56 Å². The molecule has 2 aromatic carbocycles. The van der Waals surface area contributed by atoms with Crippen LogP contribution in [0, 0.1) is 0 Å². The molecule has 0 spiro atoms. The molecule has 0 atom stereocenters. The van der Waals surface area contributed by atoms with Crippen molar-refractivity contribution < 1.29 is 19.1 Å². The van der Waals surface area contributed by atoms with Gasteiger partial charge in [0.2, 0.25) is 0 Å². The zero-order chi connectivity index (χ0) is 20.6. The highest BCUT2D eigenvalue weighted by Gasteiger charge is 2.21. The number of nitrogens with zero attached hydrogens (tertiary/aromatic N) is 2. The number of esters is 1. The van der Waals surface area contributed by atoms with Crippen molar-refractivity contribution in [3.63, 3.8) is 0 Å². The van der Waals surface area contributed by atoms with E-state index in [-0.39, 0.29) is 12.0 Å². The number of ether oxygens (including phenoxy) is 2. The first-order valence-corrected chi connectivity index (χ1v) is 9.77. The Labute approximate surface area is 171 Å². The van der Waals surface area contributed by atoms with Gasteiger partial charge in [0.25, 0.3) is 0 Å². The molecule has 2 aromatic rings. The second-order valence-electron chi connectivity index (χ2n) is 6.84. The Balaban J connectivity index is 1.46. The van der Waals surface area contributed by atoms with Gasteiger partial charge in [0.1, 0.15) is 5.75 Å². The lowest BCUT2D eigenvalue weighted by Crippen LogP contribution is -2.49. The van der Waals surface area contributed by atoms with Crippen LogP contribution in [0.2, 0.25) is 0 Å². The summed E-state index contributed by atoms with van der Waals surface area (Å²) in [5.74, 6) is 0.490. The van der Waals surface area contributed by atoms with E-state index in [0.29, 0.717) is 30.9 Å². The average Bonchev–Trinajstić information content (AvgIpc) is 2.75. The minimum atomic E-state index is -0.363. The maximum Gasteiger partial charge on any atom is 0.338 e. The monoisotopic (exact) mass is 397 g/mol. The number of amides is 2. The van der Waals surface area contributed by atoms with Crippen LogP contribution in [0.5, 0.6) is 5.75 Å². The number of methoxy groups -OCH3 is 1. The van der Waals surface area contributed by atoms with Gasteiger partial charge in [-0.1, -0.05) is 12.1 Å². The maximum atomic E-state index is 12.5. The second kappa shape index (κ2) is 9.93. The molecular weight excluding hydrogens is 370 g/mol. The van der Waals surface area contributed by atoms with E-state index >= 15 is 0 Å². The van der Waals surface area contributed by atoms with Gasteiger partial charge in [0.05, 0.1) is 19.3 Å². The van der Waals surface area contributed by atoms with Gasteiger partial charge >= 0.3 is 12.0 Å². The molecule has 1 fully saturated rings. The summed E-state index contributed by atoms with van der Waals surface area (Å²) >= 11 is 0. The van der Waals surface area contributed by atoms with Crippen LogP contribution in [0.15, 0.2) is 48.5 Å². The second-order valence-corrected chi connectivity index (χ2v) is 6.84. The van der Waals surface area contributed by atoms with Crippen molar-refractivity contribution in [2.24, 2.45) is 0 Å². The molecule has 29 heavy (non-hydrogen) atoms. The number of benzene rings is 2. The Kier molecular flexibility index (Phi) is 7.08. The van der Waals surface area contributed by atoms with Gasteiger partial charge in [0, 0.05) is 38.4 Å². The lowest BCUT2D eigenvalue weighted by Gasteiger charge is -2.34. The maximum absolute atomic E-state index is 12.5. The summed E-state index contributed by atoms with van der Waals surface area (Å²) in [7, 11) is 1.66. The van der Waals surface area contributed by atoms with Crippen LogP contribution in [-0.4, -0.2) is 61.7 Å². The SMILES string of the molecule is CCOC(=O)c1ccc(NC(=O)N2CCN(Cc3ccc(OC)cc3)CC2)cc1. The van der Waals surface area contributed by atoms with Crippen LogP contribution in [0.1, 0.15) is 22.8 Å². The van der Waals surface area contributed by atoms with E-state index in [4.69, 9.17) is 9.47 Å². The van der Waals surface area contributed by atoms with Gasteiger partial charge in [-0.2, -0.15) is 0 Å². The van der Waals surface area contributed by atoms with Crippen LogP contribution in [0.3, 0.4) is 0 Å². The molecule has 0 saturated carbocycles. The van der Waals surface area contributed by atoms with Gasteiger partial charge in [-0.25, -0.2) is 9.59 Å². The fraction of sp³-hybridized carbons (Fsp3) is 0.364. The summed E-state index contributed by atoms with van der Waals surface area (Å²) in [6, 6.07) is 14.7. The molecule has 0 unspecified atom stereocenters. The van der Waals surface area contributed by atoms with Crippen LogP contribution in [0.4, 0.5) is 10.5 Å². The number of piperazine rings is 1. The molecule has 154 valence electrons. The van der Waals surface area contributed by atoms with Gasteiger partial charge in [-0.05, 0) is 48.9 Å². The Bertz CT molecular complexity index is 813. The van der Waals surface area contributed by atoms with E-state index in [1.54, 1.807) is 38.3 Å². The highest BCUT2D eigenvalue weighted by molar-refractivity contribution is 5.92. The molecule has 1 aliphatic heterocycles. The van der Waals surface area contributed by atoms with Crippen molar-refractivity contribution in [1.29, 1.82) is 0 Å². The van der Waals surface area contributed by atoms with Crippen molar-refractivity contribution in [3.8, 4) is 5.75 Å². The number of carbonyl (C=O) groups excluding carboxylic acids is 2. The van der Waals surface area contributed by atoms with Gasteiger partial charge in [-0.3, -0.25) is 4.90 Å². The predicted molar refractivity (Wildman–Crippen MR) is 111 cm³/mol. The smallest absolute Gasteiger partial charge is 0.338 e. The van der Waals surface area contributed by atoms with Gasteiger partial charge in [-0.15, -0.1) is 0 Å². The first kappa shape index (κ1) is 20.7. The standard InChI is InChI=1S/C22H27N3O4/c1-3-29-21(26)18-6-8-19(9-7-18)23-22(27)25-14-12-24(13-15-25)16-17-4-10-20(28-2)11-5-17/h4-11H,3,12-16H2,1-2H3,(H,23,27). The first-order valence-electron chi connectivity index (χ1n) is 9.77. The third kappa shape index (κ3) is 5.71. The third-order valence-corrected chi connectivity index (χ3v) is 4.87. The zero-order valence-corrected chi connectivity index (χ0v) is 16.9. The minimum Gasteiger partial charge on any atom is -0.497 e. The van der Waals surface area contributed by atoms with Gasteiger partial charge in [0.15, 0.2) is 0 Å². The van der Waals surface area contributed by atoms with Crippen molar-refractivity contribution >= 4 is 17.7 Å². The van der Waals surface area contributed by atoms with E-state index in [0.717, 1.165) is 25.4 Å². The van der Waals surface area contributed by atoms with Crippen LogP contribution in [-0.2, 0) is 11.3 Å². The average molecular weight is 397 g/mol. The van der Waals surface area contributed by atoms with Crippen LogP contribution < -0.4 is 10.1 Å². The Morgan fingerprint density at radius 3 is 2.21 bits per heavy atom. The lowest BCUT2D eigenvalue weighted by atomic mass is 10.2. The number of anilines is 1. The van der Waals surface area contributed by atoms with Crippen LogP contribution >= 0.6 is 0 Å². The molecule has 3 rings (SSSR count). The largest absolute Gasteiger partial charge is 0.497 e. The van der Waals surface area contributed by atoms with Gasteiger partial charge < -0.3 is 19.7 Å². The number of nitrogens with one attached hydrogen (secondary N) is 1. The summed E-state index contributed by atoms with van der Waals surface area (Å²) in [6.45, 7) is 5.94. The molecular formula is C22H27N3O4. The molecule has 1 saturated heterocycles. The molecule has 7 heteroatoms. The van der Waals surface area contributed by atoms with Crippen molar-refractivity contribution in [2.45, 2.75) is 13.5 Å². The summed E-state index contributed by atoms with van der Waals surface area (Å²) in [5, 5.41) is 2.89. The van der Waals surface area contributed by atoms with Crippen molar-refractivity contribution in [2.75, 3.05) is 45.2 Å². The summed E-state index contributed by atoms with van der Waals surface area (Å²) in [6.07, 6.45) is 0. The first-order chi connectivity index (χ1) is 14.1. The highest BCUT2D eigenvalue weighted by atomic mass is 16.5. The molecule has 7 nitrogen and oxygen atoms in total. The highest BCUT2D eigenvalue weighted by Crippen LogP contribution is 2.15. The summed E-state index contributed by atoms with van der Waals surface area (Å²) in [4.78, 5) is 28.3. The number of urea groups is 1. The Morgan fingerprint density at radius 2 is 1.62 bits per heavy atom. The molecule has 1 aliphatic rings. The number of carbonyl (C=O) groups is 2. The molecule has 2 amide bonds. The number of hydrogen-bond donors (Lipinski definition) is 1. The van der Waals surface area contributed by atoms with E-state index in [2.05, 4.69) is 22.3 Å². The fourth-order valence-electron chi connectivity index (χ4n) is 3.20. The number of hydrogen-bond acceptors (Lipinski definition) is 5. The quantitative estimate of drug-likeness (QED) is 0.758. The van der Waals surface area contributed by atoms with Crippen molar-refractivity contribution in [1.82, 2.24) is 9.80 Å². The van der Waals surface area contributed by atoms with E-state index in [9.17, 15) is 9.59 Å². The summed E-state index contributed by atoms with van der Waals surface area (Å²) in [5.41, 5.74) is 2.35. The topological polar surface area (TPSA) is 71.1 Å². The van der Waals surface area contributed by atoms with Crippen molar-refractivity contribution in [3.05, 3.63) is 59.7 Å². The normalized spacial score (nSPS) is 14.3. The molecule has 1 heterocycles. The van der Waals surface area contributed by atoms with Crippen LogP contribution in [0.25, 0.3) is 0 Å². The molecule has 0 bridgehead atoms. The molecule has 0 aliphatic carbocycles.